The van der Waals surface area contributed by atoms with Crippen molar-refractivity contribution < 1.29 is 9.53 Å². The van der Waals surface area contributed by atoms with E-state index in [1.165, 1.54) is 0 Å². The van der Waals surface area contributed by atoms with Crippen LogP contribution < -0.4 is 10.0 Å². The number of alkyl carbamates (subject to hydrolysis) is 1. The molecule has 4 nitrogen and oxygen atoms in total. The van der Waals surface area contributed by atoms with Gasteiger partial charge in [-0.1, -0.05) is 12.8 Å². The minimum atomic E-state index is -0.344. The molecule has 0 spiro atoms. The van der Waals surface area contributed by atoms with Crippen molar-refractivity contribution in [3.05, 3.63) is 0 Å². The lowest BCUT2D eigenvalue weighted by Gasteiger charge is -2.03. The molecule has 0 bridgehead atoms. The van der Waals surface area contributed by atoms with Gasteiger partial charge in [-0.25, -0.2) is 4.79 Å². The van der Waals surface area contributed by atoms with Crippen molar-refractivity contribution in [2.45, 2.75) is 6.10 Å². The van der Waals surface area contributed by atoms with Gasteiger partial charge in [-0.05, 0) is 0 Å². The van der Waals surface area contributed by atoms with E-state index in [0.29, 0.717) is 13.1 Å². The fraction of sp³-hybridized carbons (Fsp3) is 0.750. The highest BCUT2D eigenvalue weighted by Crippen LogP contribution is 1.97. The Bertz CT molecular complexity index is 119. The molecule has 52 valence electrons. The number of ether oxygens (including phenoxy) is 1. The van der Waals surface area contributed by atoms with Crippen molar-refractivity contribution in [2.24, 2.45) is 0 Å². The van der Waals surface area contributed by atoms with E-state index < -0.39 is 0 Å². The van der Waals surface area contributed by atoms with Crippen molar-refractivity contribution in [3.63, 3.8) is 0 Å². The largest absolute Gasteiger partial charge is 0.443 e. The highest BCUT2D eigenvalue weighted by Gasteiger charge is 2.20. The third-order valence-electron chi connectivity index (χ3n) is 1.07. The van der Waals surface area contributed by atoms with Gasteiger partial charge in [-0.15, -0.1) is 0 Å². The number of nitrogens with one attached hydrogen (secondary N) is 2. The normalized spacial score (nSPS) is 25.4. The number of carbonyl (C=O) groups excluding carboxylic acids is 1. The Kier molecular flexibility index (Phi) is 2.18. The van der Waals surface area contributed by atoms with Gasteiger partial charge < -0.3 is 10.1 Å². The van der Waals surface area contributed by atoms with E-state index in [0.717, 1.165) is 0 Å². The quantitative estimate of drug-likeness (QED) is 0.464. The van der Waals surface area contributed by atoms with Crippen LogP contribution in [0.15, 0.2) is 0 Å². The zero-order chi connectivity index (χ0) is 6.69. The fourth-order valence-electron chi connectivity index (χ4n) is 0.648. The lowest BCUT2D eigenvalue weighted by atomic mass is 10.4. The predicted octanol–water partition coefficient (Wildman–Crippen LogP) is -0.471. The number of carbonyl (C=O) groups is 1. The zero-order valence-corrected chi connectivity index (χ0v) is 5.65. The van der Waals surface area contributed by atoms with E-state index in [1.807, 2.05) is 0 Å². The standard InChI is InChI=1S/C4H8N2O2S/c7-4-5-1-3(8-4)2-6-9/h3,6,9H,1-2H2,(H,5,7). The summed E-state index contributed by atoms with van der Waals surface area (Å²) in [6, 6.07) is 0. The molecule has 1 rings (SSSR count). The predicted molar refractivity (Wildman–Crippen MR) is 35.3 cm³/mol. The molecule has 1 fully saturated rings. The lowest BCUT2D eigenvalue weighted by Crippen LogP contribution is -2.24. The molecule has 0 aromatic carbocycles. The van der Waals surface area contributed by atoms with Crippen LogP contribution in [0.1, 0.15) is 0 Å². The molecule has 1 aliphatic heterocycles. The maximum absolute atomic E-state index is 10.3. The molecule has 9 heavy (non-hydrogen) atoms. The summed E-state index contributed by atoms with van der Waals surface area (Å²) < 4.78 is 7.35. The number of thiol groups is 1. The molecule has 0 aliphatic carbocycles. The number of cyclic esters (lactones) is 1. The smallest absolute Gasteiger partial charge is 0.407 e. The lowest BCUT2D eigenvalue weighted by molar-refractivity contribution is 0.142. The second-order valence-corrected chi connectivity index (χ2v) is 2.09. The van der Waals surface area contributed by atoms with E-state index in [-0.39, 0.29) is 12.2 Å². The molecule has 1 heterocycles. The Balaban J connectivity index is 2.22. The first-order valence-corrected chi connectivity index (χ1v) is 3.09. The van der Waals surface area contributed by atoms with Crippen molar-refractivity contribution in [3.8, 4) is 0 Å². The summed E-state index contributed by atoms with van der Waals surface area (Å²) >= 11 is 3.76. The molecule has 1 amide bonds. The number of hydrogen-bond acceptors (Lipinski definition) is 4. The van der Waals surface area contributed by atoms with Gasteiger partial charge in [0.2, 0.25) is 0 Å². The molecule has 1 atom stereocenters. The van der Waals surface area contributed by atoms with Crippen LogP contribution in [0.4, 0.5) is 4.79 Å². The van der Waals surface area contributed by atoms with Gasteiger partial charge in [0.15, 0.2) is 0 Å². The van der Waals surface area contributed by atoms with Crippen LogP contribution >= 0.6 is 12.8 Å². The van der Waals surface area contributed by atoms with Crippen LogP contribution in [0, 0.1) is 0 Å². The average Bonchev–Trinajstić information content (AvgIpc) is 2.17. The van der Waals surface area contributed by atoms with Crippen molar-refractivity contribution >= 4 is 18.9 Å². The average molecular weight is 148 g/mol. The molecule has 2 N–H and O–H groups in total. The molecule has 0 saturated carbocycles. The van der Waals surface area contributed by atoms with Gasteiger partial charge >= 0.3 is 6.09 Å². The zero-order valence-electron chi connectivity index (χ0n) is 4.76. The van der Waals surface area contributed by atoms with E-state index in [1.54, 1.807) is 0 Å². The third kappa shape index (κ3) is 1.76. The summed E-state index contributed by atoms with van der Waals surface area (Å²) in [7, 11) is 0. The monoisotopic (exact) mass is 148 g/mol. The highest BCUT2D eigenvalue weighted by molar-refractivity contribution is 7.78. The molecule has 1 unspecified atom stereocenters. The number of hydrogen-bond donors (Lipinski definition) is 3. The topological polar surface area (TPSA) is 50.4 Å². The number of rotatable bonds is 2. The van der Waals surface area contributed by atoms with Crippen molar-refractivity contribution in [1.29, 1.82) is 0 Å². The van der Waals surface area contributed by atoms with Gasteiger partial charge in [-0.2, -0.15) is 0 Å². The minimum absolute atomic E-state index is 0.0602. The van der Waals surface area contributed by atoms with E-state index in [9.17, 15) is 4.79 Å². The van der Waals surface area contributed by atoms with Crippen LogP contribution in [0.3, 0.4) is 0 Å². The maximum Gasteiger partial charge on any atom is 0.407 e. The molecular weight excluding hydrogens is 140 g/mol. The summed E-state index contributed by atoms with van der Waals surface area (Å²) in [6.45, 7) is 1.16. The van der Waals surface area contributed by atoms with E-state index in [2.05, 4.69) is 22.9 Å². The number of amides is 1. The van der Waals surface area contributed by atoms with Gasteiger partial charge in [-0.3, -0.25) is 4.72 Å². The Hall–Kier alpha value is -0.420. The first-order chi connectivity index (χ1) is 4.33. The Labute approximate surface area is 58.5 Å². The van der Waals surface area contributed by atoms with Crippen molar-refractivity contribution in [2.75, 3.05) is 13.1 Å². The molecule has 0 radical (unpaired) electrons. The van der Waals surface area contributed by atoms with Crippen LogP contribution in [0.5, 0.6) is 0 Å². The van der Waals surface area contributed by atoms with E-state index in [4.69, 9.17) is 4.74 Å². The molecule has 0 aromatic rings. The van der Waals surface area contributed by atoms with Crippen LogP contribution in [-0.2, 0) is 4.74 Å². The summed E-state index contributed by atoms with van der Waals surface area (Å²) in [5.41, 5.74) is 0. The molecule has 0 aromatic heterocycles. The second kappa shape index (κ2) is 2.93. The molecule has 1 aliphatic rings. The van der Waals surface area contributed by atoms with Gasteiger partial charge in [0.1, 0.15) is 6.10 Å². The second-order valence-electron chi connectivity index (χ2n) is 1.77. The summed E-state index contributed by atoms with van der Waals surface area (Å²) in [4.78, 5) is 10.3. The Morgan fingerprint density at radius 2 is 2.78 bits per heavy atom. The van der Waals surface area contributed by atoms with Crippen molar-refractivity contribution in [1.82, 2.24) is 10.0 Å². The minimum Gasteiger partial charge on any atom is -0.443 e. The fourth-order valence-corrected chi connectivity index (χ4v) is 0.851. The summed E-state index contributed by atoms with van der Waals surface area (Å²) in [5, 5.41) is 2.52. The first kappa shape index (κ1) is 6.70. The van der Waals surface area contributed by atoms with E-state index >= 15 is 0 Å². The Morgan fingerprint density at radius 3 is 3.22 bits per heavy atom. The molecule has 5 heteroatoms. The van der Waals surface area contributed by atoms with Crippen LogP contribution in [0.25, 0.3) is 0 Å². The molecule has 1 saturated heterocycles. The maximum atomic E-state index is 10.3. The first-order valence-electron chi connectivity index (χ1n) is 2.64. The molecular formula is C4H8N2O2S. The van der Waals surface area contributed by atoms with Gasteiger partial charge in [0.25, 0.3) is 0 Å². The highest BCUT2D eigenvalue weighted by atomic mass is 32.1. The van der Waals surface area contributed by atoms with Crippen LogP contribution in [0.2, 0.25) is 0 Å². The Morgan fingerprint density at radius 1 is 2.00 bits per heavy atom. The van der Waals surface area contributed by atoms with Gasteiger partial charge in [0, 0.05) is 6.54 Å². The third-order valence-corrected chi connectivity index (χ3v) is 1.25. The van der Waals surface area contributed by atoms with Crippen LogP contribution in [-0.4, -0.2) is 25.3 Å². The summed E-state index contributed by atoms with van der Waals surface area (Å²) in [5.74, 6) is 0. The summed E-state index contributed by atoms with van der Waals surface area (Å²) in [6.07, 6.45) is -0.404. The van der Waals surface area contributed by atoms with Gasteiger partial charge in [0.05, 0.1) is 6.54 Å². The SMILES string of the molecule is O=C1NCC(CNS)O1.